The van der Waals surface area contributed by atoms with E-state index in [9.17, 15) is 9.59 Å². The molecular weight excluding hydrogens is 226 g/mol. The Morgan fingerprint density at radius 1 is 1.50 bits per heavy atom. The molecule has 0 radical (unpaired) electrons. The molecule has 1 saturated carbocycles. The highest BCUT2D eigenvalue weighted by Gasteiger charge is 2.37. The van der Waals surface area contributed by atoms with E-state index in [0.717, 1.165) is 25.0 Å². The Kier molecular flexibility index (Phi) is 5.12. The fourth-order valence-electron chi connectivity index (χ4n) is 1.70. The zero-order chi connectivity index (χ0) is 12.1. The van der Waals surface area contributed by atoms with Crippen LogP contribution in [0.25, 0.3) is 0 Å². The second-order valence-corrected chi connectivity index (χ2v) is 5.13. The maximum Gasteiger partial charge on any atom is 0.326 e. The molecule has 0 heterocycles. The summed E-state index contributed by atoms with van der Waals surface area (Å²) in [7, 11) is 0. The molecule has 92 valence electrons. The molecule has 0 saturated heterocycles. The molecule has 0 aromatic heterocycles. The van der Waals surface area contributed by atoms with Crippen LogP contribution in [0.3, 0.4) is 0 Å². The molecule has 1 rings (SSSR count). The first-order chi connectivity index (χ1) is 7.57. The van der Waals surface area contributed by atoms with Crippen LogP contribution in [0.5, 0.6) is 0 Å². The standard InChI is InChI=1S/C11H19NO3S/c1-8(11(14)15)12(9-5-6-9)10(13)4-3-7-16-2/h8-9H,3-7H2,1-2H3,(H,14,15). The van der Waals surface area contributed by atoms with Crippen molar-refractivity contribution in [1.82, 2.24) is 4.90 Å². The van der Waals surface area contributed by atoms with Crippen LogP contribution in [0.15, 0.2) is 0 Å². The minimum atomic E-state index is -0.912. The Morgan fingerprint density at radius 3 is 2.56 bits per heavy atom. The van der Waals surface area contributed by atoms with Crippen molar-refractivity contribution in [1.29, 1.82) is 0 Å². The van der Waals surface area contributed by atoms with Crippen molar-refractivity contribution in [2.24, 2.45) is 0 Å². The second kappa shape index (κ2) is 6.13. The average molecular weight is 245 g/mol. The quantitative estimate of drug-likeness (QED) is 0.692. The van der Waals surface area contributed by atoms with Crippen LogP contribution in [0.4, 0.5) is 0 Å². The van der Waals surface area contributed by atoms with Gasteiger partial charge in [-0.1, -0.05) is 0 Å². The fourth-order valence-corrected chi connectivity index (χ4v) is 2.14. The number of amides is 1. The first-order valence-electron chi connectivity index (χ1n) is 5.60. The smallest absolute Gasteiger partial charge is 0.326 e. The van der Waals surface area contributed by atoms with Crippen LogP contribution in [0.2, 0.25) is 0 Å². The van der Waals surface area contributed by atoms with Gasteiger partial charge in [0.15, 0.2) is 0 Å². The predicted molar refractivity (Wildman–Crippen MR) is 64.6 cm³/mol. The third-order valence-corrected chi connectivity index (χ3v) is 3.44. The summed E-state index contributed by atoms with van der Waals surface area (Å²) < 4.78 is 0. The van der Waals surface area contributed by atoms with Gasteiger partial charge >= 0.3 is 5.97 Å². The molecular formula is C11H19NO3S. The molecule has 1 fully saturated rings. The number of carboxylic acid groups (broad SMARTS) is 1. The predicted octanol–water partition coefficient (Wildman–Crippen LogP) is 1.59. The summed E-state index contributed by atoms with van der Waals surface area (Å²) in [5.41, 5.74) is 0. The molecule has 0 bridgehead atoms. The van der Waals surface area contributed by atoms with E-state index >= 15 is 0 Å². The highest BCUT2D eigenvalue weighted by molar-refractivity contribution is 7.98. The van der Waals surface area contributed by atoms with Crippen molar-refractivity contribution in [3.05, 3.63) is 0 Å². The lowest BCUT2D eigenvalue weighted by Crippen LogP contribution is -2.44. The van der Waals surface area contributed by atoms with E-state index in [2.05, 4.69) is 0 Å². The lowest BCUT2D eigenvalue weighted by atomic mass is 10.2. The molecule has 5 heteroatoms. The van der Waals surface area contributed by atoms with Gasteiger partial charge in [-0.3, -0.25) is 4.79 Å². The third kappa shape index (κ3) is 3.70. The molecule has 0 aromatic carbocycles. The van der Waals surface area contributed by atoms with Crippen LogP contribution < -0.4 is 0 Å². The Bertz CT molecular complexity index is 266. The monoisotopic (exact) mass is 245 g/mol. The number of nitrogens with zero attached hydrogens (tertiary/aromatic N) is 1. The summed E-state index contributed by atoms with van der Waals surface area (Å²) in [6.45, 7) is 1.59. The molecule has 16 heavy (non-hydrogen) atoms. The number of carboxylic acids is 1. The van der Waals surface area contributed by atoms with Gasteiger partial charge in [-0.15, -0.1) is 0 Å². The van der Waals surface area contributed by atoms with Crippen molar-refractivity contribution in [3.63, 3.8) is 0 Å². The van der Waals surface area contributed by atoms with Gasteiger partial charge in [-0.25, -0.2) is 4.79 Å². The van der Waals surface area contributed by atoms with Crippen molar-refractivity contribution in [3.8, 4) is 0 Å². The summed E-state index contributed by atoms with van der Waals surface area (Å²) in [5, 5.41) is 8.95. The van der Waals surface area contributed by atoms with Gasteiger partial charge in [0.2, 0.25) is 5.91 Å². The topological polar surface area (TPSA) is 57.6 Å². The summed E-state index contributed by atoms with van der Waals surface area (Å²) in [6.07, 6.45) is 5.20. The maximum absolute atomic E-state index is 11.9. The minimum Gasteiger partial charge on any atom is -0.480 e. The van der Waals surface area contributed by atoms with Gasteiger partial charge in [0.25, 0.3) is 0 Å². The van der Waals surface area contributed by atoms with Crippen molar-refractivity contribution < 1.29 is 14.7 Å². The van der Waals surface area contributed by atoms with Crippen molar-refractivity contribution in [2.45, 2.75) is 44.7 Å². The maximum atomic E-state index is 11.9. The molecule has 0 aromatic rings. The summed E-state index contributed by atoms with van der Waals surface area (Å²) in [5.74, 6) is 0.0303. The summed E-state index contributed by atoms with van der Waals surface area (Å²) in [4.78, 5) is 24.4. The highest BCUT2D eigenvalue weighted by atomic mass is 32.2. The highest BCUT2D eigenvalue weighted by Crippen LogP contribution is 2.29. The van der Waals surface area contributed by atoms with Crippen molar-refractivity contribution >= 4 is 23.6 Å². The molecule has 1 N–H and O–H groups in total. The van der Waals surface area contributed by atoms with Gasteiger partial charge in [0.05, 0.1) is 0 Å². The zero-order valence-corrected chi connectivity index (χ0v) is 10.6. The molecule has 1 amide bonds. The van der Waals surface area contributed by atoms with Crippen molar-refractivity contribution in [2.75, 3.05) is 12.0 Å². The molecule has 1 aliphatic rings. The van der Waals surface area contributed by atoms with E-state index in [4.69, 9.17) is 5.11 Å². The van der Waals surface area contributed by atoms with E-state index in [-0.39, 0.29) is 11.9 Å². The molecule has 4 nitrogen and oxygen atoms in total. The number of rotatable bonds is 7. The summed E-state index contributed by atoms with van der Waals surface area (Å²) in [6, 6.07) is -0.512. The Morgan fingerprint density at radius 2 is 2.12 bits per heavy atom. The largest absolute Gasteiger partial charge is 0.480 e. The van der Waals surface area contributed by atoms with Gasteiger partial charge in [-0.2, -0.15) is 11.8 Å². The number of carbonyl (C=O) groups excluding carboxylic acids is 1. The molecule has 1 atom stereocenters. The molecule has 0 aliphatic heterocycles. The van der Waals surface area contributed by atoms with E-state index < -0.39 is 12.0 Å². The fraction of sp³-hybridized carbons (Fsp3) is 0.818. The van der Waals surface area contributed by atoms with Gasteiger partial charge in [0.1, 0.15) is 6.04 Å². The summed E-state index contributed by atoms with van der Waals surface area (Å²) >= 11 is 1.71. The lowest BCUT2D eigenvalue weighted by molar-refractivity contribution is -0.150. The molecule has 1 unspecified atom stereocenters. The van der Waals surface area contributed by atoms with Crippen LogP contribution >= 0.6 is 11.8 Å². The van der Waals surface area contributed by atoms with E-state index in [1.807, 2.05) is 6.26 Å². The zero-order valence-electron chi connectivity index (χ0n) is 9.81. The number of hydrogen-bond acceptors (Lipinski definition) is 3. The number of hydrogen-bond donors (Lipinski definition) is 1. The van der Waals surface area contributed by atoms with Crippen LogP contribution in [0, 0.1) is 0 Å². The van der Waals surface area contributed by atoms with E-state index in [1.54, 1.807) is 23.6 Å². The van der Waals surface area contributed by atoms with Crippen LogP contribution in [0.1, 0.15) is 32.6 Å². The number of thioether (sulfide) groups is 1. The first kappa shape index (κ1) is 13.4. The van der Waals surface area contributed by atoms with Gasteiger partial charge in [-0.05, 0) is 38.2 Å². The first-order valence-corrected chi connectivity index (χ1v) is 7.00. The van der Waals surface area contributed by atoms with Crippen LogP contribution in [-0.4, -0.2) is 46.0 Å². The SMILES string of the molecule is CSCCCC(=O)N(C1CC1)C(C)C(=O)O. The molecule has 0 spiro atoms. The third-order valence-electron chi connectivity index (χ3n) is 2.74. The van der Waals surface area contributed by atoms with Crippen LogP contribution in [-0.2, 0) is 9.59 Å². The Balaban J connectivity index is 2.49. The lowest BCUT2D eigenvalue weighted by Gasteiger charge is -2.26. The molecule has 1 aliphatic carbocycles. The average Bonchev–Trinajstić information content (AvgIpc) is 3.02. The van der Waals surface area contributed by atoms with E-state index in [0.29, 0.717) is 6.42 Å². The van der Waals surface area contributed by atoms with Gasteiger partial charge in [0, 0.05) is 12.5 Å². The van der Waals surface area contributed by atoms with E-state index in [1.165, 1.54) is 0 Å². The Labute approximate surface area is 100 Å². The minimum absolute atomic E-state index is 0.00792. The second-order valence-electron chi connectivity index (χ2n) is 4.14. The Hall–Kier alpha value is -0.710. The van der Waals surface area contributed by atoms with Gasteiger partial charge < -0.3 is 10.0 Å². The normalized spacial score (nSPS) is 16.9. The number of aliphatic carboxylic acids is 1. The number of carbonyl (C=O) groups is 2.